The van der Waals surface area contributed by atoms with Crippen molar-refractivity contribution in [3.05, 3.63) is 0 Å². The molecule has 0 atom stereocenters. The molecule has 0 aliphatic carbocycles. The van der Waals surface area contributed by atoms with E-state index in [0.717, 1.165) is 12.8 Å². The largest absolute Gasteiger partial charge is 0.481 e. The van der Waals surface area contributed by atoms with Crippen LogP contribution in [0.4, 0.5) is 0 Å². The molecule has 0 saturated heterocycles. The summed E-state index contributed by atoms with van der Waals surface area (Å²) >= 11 is 0. The first-order valence-corrected chi connectivity index (χ1v) is 10.0. The molecular formula is C20H41NO. The van der Waals surface area contributed by atoms with E-state index < -0.39 is 0 Å². The first-order valence-electron chi connectivity index (χ1n) is 10.0. The van der Waals surface area contributed by atoms with E-state index >= 15 is 0 Å². The lowest BCUT2D eigenvalue weighted by Crippen LogP contribution is -2.02. The molecule has 0 rings (SSSR count). The van der Waals surface area contributed by atoms with Gasteiger partial charge >= 0.3 is 0 Å². The zero-order valence-corrected chi connectivity index (χ0v) is 15.4. The molecule has 0 aliphatic rings. The molecule has 0 bridgehead atoms. The van der Waals surface area contributed by atoms with Crippen molar-refractivity contribution in [1.29, 1.82) is 5.41 Å². The molecule has 2 nitrogen and oxygen atoms in total. The molecule has 0 unspecified atom stereocenters. The van der Waals surface area contributed by atoms with Gasteiger partial charge in [-0.05, 0) is 13.3 Å². The second-order valence-corrected chi connectivity index (χ2v) is 6.56. The third-order valence-corrected chi connectivity index (χ3v) is 4.33. The van der Waals surface area contributed by atoms with E-state index in [0.29, 0.717) is 12.5 Å². The van der Waals surface area contributed by atoms with Gasteiger partial charge < -0.3 is 4.74 Å². The van der Waals surface area contributed by atoms with Crippen LogP contribution in [0.5, 0.6) is 0 Å². The number of ether oxygens (including phenoxy) is 1. The molecule has 0 heterocycles. The predicted octanol–water partition coefficient (Wildman–Crippen LogP) is 7.26. The highest BCUT2D eigenvalue weighted by atomic mass is 16.5. The van der Waals surface area contributed by atoms with Crippen LogP contribution >= 0.6 is 0 Å². The van der Waals surface area contributed by atoms with Crippen LogP contribution in [-0.4, -0.2) is 12.5 Å². The second-order valence-electron chi connectivity index (χ2n) is 6.56. The minimum absolute atomic E-state index is 0.470. The highest BCUT2D eigenvalue weighted by molar-refractivity contribution is 5.72. The minimum atomic E-state index is 0.470. The van der Waals surface area contributed by atoms with Crippen molar-refractivity contribution in [1.82, 2.24) is 0 Å². The second kappa shape index (κ2) is 18.5. The van der Waals surface area contributed by atoms with Gasteiger partial charge in [0, 0.05) is 6.42 Å². The Bertz CT molecular complexity index is 228. The summed E-state index contributed by atoms with van der Waals surface area (Å²) in [6.07, 6.45) is 21.6. The maximum absolute atomic E-state index is 7.54. The third kappa shape index (κ3) is 17.5. The van der Waals surface area contributed by atoms with Gasteiger partial charge in [-0.15, -0.1) is 0 Å². The number of unbranched alkanes of at least 4 members (excludes halogenated alkanes) is 14. The highest BCUT2D eigenvalue weighted by Gasteiger charge is 1.97. The fourth-order valence-electron chi connectivity index (χ4n) is 2.90. The van der Waals surface area contributed by atoms with Crippen molar-refractivity contribution in [3.8, 4) is 0 Å². The topological polar surface area (TPSA) is 33.1 Å². The highest BCUT2D eigenvalue weighted by Crippen LogP contribution is 2.13. The minimum Gasteiger partial charge on any atom is -0.481 e. The Balaban J connectivity index is 3.01. The monoisotopic (exact) mass is 311 g/mol. The van der Waals surface area contributed by atoms with Crippen LogP contribution in [0.15, 0.2) is 0 Å². The number of hydrogen-bond donors (Lipinski definition) is 1. The quantitative estimate of drug-likeness (QED) is 0.171. The van der Waals surface area contributed by atoms with E-state index in [2.05, 4.69) is 6.92 Å². The molecule has 0 aromatic heterocycles. The van der Waals surface area contributed by atoms with Crippen molar-refractivity contribution in [2.24, 2.45) is 0 Å². The Hall–Kier alpha value is -0.530. The van der Waals surface area contributed by atoms with E-state index in [9.17, 15) is 0 Å². The van der Waals surface area contributed by atoms with Gasteiger partial charge in [0.15, 0.2) is 5.90 Å². The maximum atomic E-state index is 7.54. The van der Waals surface area contributed by atoms with Gasteiger partial charge in [-0.25, -0.2) is 0 Å². The molecular weight excluding hydrogens is 270 g/mol. The molecule has 0 aliphatic heterocycles. The molecule has 0 amide bonds. The van der Waals surface area contributed by atoms with E-state index in [-0.39, 0.29) is 0 Å². The summed E-state index contributed by atoms with van der Waals surface area (Å²) in [4.78, 5) is 0. The molecule has 0 fully saturated rings. The summed E-state index contributed by atoms with van der Waals surface area (Å²) in [6, 6.07) is 0. The number of hydrogen-bond acceptors (Lipinski definition) is 2. The van der Waals surface area contributed by atoms with Crippen LogP contribution in [0, 0.1) is 5.41 Å². The smallest absolute Gasteiger partial charge is 0.180 e. The van der Waals surface area contributed by atoms with Crippen LogP contribution in [0.3, 0.4) is 0 Å². The van der Waals surface area contributed by atoms with Gasteiger partial charge in [0.2, 0.25) is 0 Å². The summed E-state index contributed by atoms with van der Waals surface area (Å²) in [5, 5.41) is 7.54. The van der Waals surface area contributed by atoms with Gasteiger partial charge in [0.25, 0.3) is 0 Å². The van der Waals surface area contributed by atoms with Crippen LogP contribution in [0.1, 0.15) is 117 Å². The molecule has 0 saturated carbocycles. The lowest BCUT2D eigenvalue weighted by molar-refractivity contribution is 0.312. The van der Waals surface area contributed by atoms with Crippen molar-refractivity contribution in [2.45, 2.75) is 117 Å². The number of rotatable bonds is 17. The lowest BCUT2D eigenvalue weighted by Gasteiger charge is -2.05. The Morgan fingerprint density at radius 3 is 1.32 bits per heavy atom. The first kappa shape index (κ1) is 21.5. The first-order chi connectivity index (χ1) is 10.8. The molecule has 1 N–H and O–H groups in total. The number of nitrogens with one attached hydrogen (secondary N) is 1. The fraction of sp³-hybridized carbons (Fsp3) is 0.950. The average Bonchev–Trinajstić information content (AvgIpc) is 2.51. The van der Waals surface area contributed by atoms with E-state index in [1.807, 2.05) is 6.92 Å². The van der Waals surface area contributed by atoms with Crippen LogP contribution in [0.25, 0.3) is 0 Å². The molecule has 0 spiro atoms. The van der Waals surface area contributed by atoms with Gasteiger partial charge in [-0.2, -0.15) is 0 Å². The van der Waals surface area contributed by atoms with Crippen molar-refractivity contribution >= 4 is 5.90 Å². The molecule has 0 radical (unpaired) electrons. The van der Waals surface area contributed by atoms with E-state index in [1.165, 1.54) is 89.9 Å². The molecule has 0 aromatic rings. The van der Waals surface area contributed by atoms with Crippen LogP contribution in [0.2, 0.25) is 0 Å². The molecule has 22 heavy (non-hydrogen) atoms. The summed E-state index contributed by atoms with van der Waals surface area (Å²) in [7, 11) is 0. The van der Waals surface area contributed by atoms with Crippen molar-refractivity contribution in [2.75, 3.05) is 6.61 Å². The predicted molar refractivity (Wildman–Crippen MR) is 98.9 cm³/mol. The van der Waals surface area contributed by atoms with Crippen molar-refractivity contribution in [3.63, 3.8) is 0 Å². The van der Waals surface area contributed by atoms with Crippen LogP contribution < -0.4 is 0 Å². The normalized spacial score (nSPS) is 10.8. The zero-order chi connectivity index (χ0) is 16.3. The zero-order valence-electron chi connectivity index (χ0n) is 15.4. The van der Waals surface area contributed by atoms with Gasteiger partial charge in [-0.3, -0.25) is 5.41 Å². The van der Waals surface area contributed by atoms with Gasteiger partial charge in [-0.1, -0.05) is 96.8 Å². The Morgan fingerprint density at radius 2 is 0.955 bits per heavy atom. The Labute approximate surface area is 139 Å². The fourth-order valence-corrected chi connectivity index (χ4v) is 2.90. The standard InChI is InChI=1S/C20H41NO/c1-3-5-6-7-8-9-10-11-12-13-14-15-16-17-18-19-20(21)22-4-2/h21H,3-19H2,1-2H3. The summed E-state index contributed by atoms with van der Waals surface area (Å²) in [5.74, 6) is 0.470. The van der Waals surface area contributed by atoms with Gasteiger partial charge in [0.1, 0.15) is 0 Å². The summed E-state index contributed by atoms with van der Waals surface area (Å²) in [5.41, 5.74) is 0. The Kier molecular flexibility index (Phi) is 18.1. The maximum Gasteiger partial charge on any atom is 0.180 e. The van der Waals surface area contributed by atoms with E-state index in [4.69, 9.17) is 10.1 Å². The van der Waals surface area contributed by atoms with Crippen molar-refractivity contribution < 1.29 is 4.74 Å². The van der Waals surface area contributed by atoms with Gasteiger partial charge in [0.05, 0.1) is 6.61 Å². The molecule has 2 heteroatoms. The lowest BCUT2D eigenvalue weighted by atomic mass is 10.0. The molecule has 0 aromatic carbocycles. The van der Waals surface area contributed by atoms with Crippen LogP contribution in [-0.2, 0) is 4.74 Å². The summed E-state index contributed by atoms with van der Waals surface area (Å²) in [6.45, 7) is 4.87. The summed E-state index contributed by atoms with van der Waals surface area (Å²) < 4.78 is 5.14. The van der Waals surface area contributed by atoms with E-state index in [1.54, 1.807) is 0 Å². The Morgan fingerprint density at radius 1 is 0.591 bits per heavy atom. The average molecular weight is 312 g/mol. The SMILES string of the molecule is CCCCCCCCCCCCCCCCCC(=N)OCC. The molecule has 132 valence electrons. The third-order valence-electron chi connectivity index (χ3n) is 4.33.